The Morgan fingerprint density at radius 2 is 0.623 bits per heavy atom. The third-order valence-electron chi connectivity index (χ3n) is 10.3. The lowest BCUT2D eigenvalue weighted by Crippen LogP contribution is -2.30. The second kappa shape index (κ2) is 42.9. The summed E-state index contributed by atoms with van der Waals surface area (Å²) >= 11 is 0. The fourth-order valence-corrected chi connectivity index (χ4v) is 6.73. The summed E-state index contributed by atoms with van der Waals surface area (Å²) in [5.74, 6) is -0.878. The van der Waals surface area contributed by atoms with Crippen LogP contribution in [0.5, 0.6) is 0 Å². The van der Waals surface area contributed by atoms with Crippen molar-refractivity contribution in [3.8, 4) is 0 Å². The molecule has 0 aliphatic rings. The summed E-state index contributed by atoms with van der Waals surface area (Å²) in [6, 6.07) is 0. The van der Waals surface area contributed by atoms with E-state index in [-0.39, 0.29) is 31.1 Å². The number of carbonyl (C=O) groups is 3. The summed E-state index contributed by atoms with van der Waals surface area (Å²) in [5.41, 5.74) is 0. The van der Waals surface area contributed by atoms with Crippen LogP contribution in [0.3, 0.4) is 0 Å². The minimum Gasteiger partial charge on any atom is -0.462 e. The molecule has 0 N–H and O–H groups in total. The molecule has 1 atom stereocenters. The molecule has 0 aromatic carbocycles. The lowest BCUT2D eigenvalue weighted by molar-refractivity contribution is -0.167. The highest BCUT2D eigenvalue weighted by Gasteiger charge is 2.19. The second-order valence-electron chi connectivity index (χ2n) is 15.7. The summed E-state index contributed by atoms with van der Waals surface area (Å²) < 4.78 is 16.6. The maximum Gasteiger partial charge on any atom is 0.306 e. The van der Waals surface area contributed by atoms with Gasteiger partial charge in [-0.05, 0) is 44.9 Å². The molecule has 0 aliphatic carbocycles. The number of hydrogen-bond donors (Lipinski definition) is 0. The summed E-state index contributed by atoms with van der Waals surface area (Å²) in [7, 11) is 0. The number of allylic oxidation sites excluding steroid dienone is 2. The van der Waals surface area contributed by atoms with Crippen molar-refractivity contribution in [2.45, 2.75) is 258 Å². The summed E-state index contributed by atoms with van der Waals surface area (Å²) in [6.45, 7) is 6.58. The van der Waals surface area contributed by atoms with E-state index in [2.05, 4.69) is 32.9 Å². The van der Waals surface area contributed by atoms with Gasteiger partial charge in [-0.25, -0.2) is 0 Å². The first-order chi connectivity index (χ1) is 26.0. The van der Waals surface area contributed by atoms with Crippen LogP contribution in [-0.2, 0) is 28.6 Å². The Kier molecular flexibility index (Phi) is 41.4. The number of ether oxygens (including phenoxy) is 3. The van der Waals surface area contributed by atoms with Crippen LogP contribution in [0.2, 0.25) is 0 Å². The largest absolute Gasteiger partial charge is 0.462 e. The summed E-state index contributed by atoms with van der Waals surface area (Å²) in [5, 5.41) is 0. The van der Waals surface area contributed by atoms with Crippen molar-refractivity contribution in [1.29, 1.82) is 0 Å². The van der Waals surface area contributed by atoms with Gasteiger partial charge < -0.3 is 14.2 Å². The van der Waals surface area contributed by atoms with E-state index in [4.69, 9.17) is 14.2 Å². The molecule has 0 saturated heterocycles. The zero-order chi connectivity index (χ0) is 38.7. The van der Waals surface area contributed by atoms with E-state index in [1.807, 2.05) is 0 Å². The van der Waals surface area contributed by atoms with Crippen molar-refractivity contribution >= 4 is 17.9 Å². The number of carbonyl (C=O) groups excluding carboxylic acids is 3. The SMILES string of the molecule is CCCCCCCC/C=C\CCCCCCCC(=O)OCC(COC(=O)CCCCCCCC)OC(=O)CCCCCCCCCCCCCCCC. The van der Waals surface area contributed by atoms with E-state index in [0.717, 1.165) is 64.2 Å². The molecular weight excluding hydrogens is 661 g/mol. The molecule has 53 heavy (non-hydrogen) atoms. The van der Waals surface area contributed by atoms with Crippen molar-refractivity contribution in [1.82, 2.24) is 0 Å². The first-order valence-corrected chi connectivity index (χ1v) is 23.2. The molecule has 0 saturated carbocycles. The number of esters is 3. The maximum absolute atomic E-state index is 12.7. The van der Waals surface area contributed by atoms with Crippen LogP contribution in [0.4, 0.5) is 0 Å². The van der Waals surface area contributed by atoms with E-state index in [1.165, 1.54) is 148 Å². The highest BCUT2D eigenvalue weighted by molar-refractivity contribution is 5.71. The molecule has 0 aromatic rings. The zero-order valence-electron chi connectivity index (χ0n) is 35.6. The minimum atomic E-state index is -0.763. The Balaban J connectivity index is 4.24. The molecule has 312 valence electrons. The highest BCUT2D eigenvalue weighted by Crippen LogP contribution is 2.15. The quantitative estimate of drug-likeness (QED) is 0.0268. The first kappa shape index (κ1) is 51.1. The Morgan fingerprint density at radius 3 is 0.943 bits per heavy atom. The van der Waals surface area contributed by atoms with Crippen molar-refractivity contribution in [3.63, 3.8) is 0 Å². The van der Waals surface area contributed by atoms with Gasteiger partial charge in [0, 0.05) is 19.3 Å². The van der Waals surface area contributed by atoms with E-state index in [9.17, 15) is 14.4 Å². The Bertz CT molecular complexity index is 824. The van der Waals surface area contributed by atoms with Gasteiger partial charge in [0.15, 0.2) is 6.10 Å². The molecule has 0 radical (unpaired) electrons. The van der Waals surface area contributed by atoms with Gasteiger partial charge >= 0.3 is 17.9 Å². The van der Waals surface area contributed by atoms with Gasteiger partial charge in [-0.2, -0.15) is 0 Å². The summed E-state index contributed by atoms with van der Waals surface area (Å²) in [4.78, 5) is 37.5. The Labute approximate surface area is 329 Å². The zero-order valence-corrected chi connectivity index (χ0v) is 35.6. The standard InChI is InChI=1S/C47H88O6/c1-4-7-10-13-16-18-20-22-24-26-27-29-31-34-37-40-46(49)52-43-44(42-51-45(48)39-36-33-15-12-9-6-3)53-47(50)41-38-35-32-30-28-25-23-21-19-17-14-11-8-5-2/h22,24,44H,4-21,23,25-43H2,1-3H3/b24-22-. The lowest BCUT2D eigenvalue weighted by atomic mass is 10.0. The van der Waals surface area contributed by atoms with Crippen LogP contribution in [0.1, 0.15) is 252 Å². The minimum absolute atomic E-state index is 0.0696. The van der Waals surface area contributed by atoms with Gasteiger partial charge in [0.2, 0.25) is 0 Å². The summed E-state index contributed by atoms with van der Waals surface area (Å²) in [6.07, 6.45) is 44.9. The van der Waals surface area contributed by atoms with E-state index < -0.39 is 6.10 Å². The molecule has 6 nitrogen and oxygen atoms in total. The third kappa shape index (κ3) is 41.2. The number of unbranched alkanes of at least 4 members (excludes halogenated alkanes) is 29. The van der Waals surface area contributed by atoms with Gasteiger partial charge in [0.1, 0.15) is 13.2 Å². The fraction of sp³-hybridized carbons (Fsp3) is 0.894. The van der Waals surface area contributed by atoms with Crippen LogP contribution in [0.25, 0.3) is 0 Å². The Morgan fingerprint density at radius 1 is 0.358 bits per heavy atom. The topological polar surface area (TPSA) is 78.9 Å². The average Bonchev–Trinajstić information content (AvgIpc) is 3.15. The molecule has 0 heterocycles. The van der Waals surface area contributed by atoms with E-state index >= 15 is 0 Å². The Hall–Kier alpha value is -1.85. The fourth-order valence-electron chi connectivity index (χ4n) is 6.73. The van der Waals surface area contributed by atoms with Crippen molar-refractivity contribution in [2.24, 2.45) is 0 Å². The average molecular weight is 749 g/mol. The third-order valence-corrected chi connectivity index (χ3v) is 10.3. The molecule has 0 fully saturated rings. The predicted molar refractivity (Wildman–Crippen MR) is 224 cm³/mol. The van der Waals surface area contributed by atoms with Crippen molar-refractivity contribution in [2.75, 3.05) is 13.2 Å². The maximum atomic E-state index is 12.7. The van der Waals surface area contributed by atoms with Gasteiger partial charge in [0.25, 0.3) is 0 Å². The molecule has 0 amide bonds. The number of rotatable bonds is 42. The lowest BCUT2D eigenvalue weighted by Gasteiger charge is -2.18. The van der Waals surface area contributed by atoms with Gasteiger partial charge in [-0.1, -0.05) is 200 Å². The molecule has 6 heteroatoms. The molecule has 0 aliphatic heterocycles. The van der Waals surface area contributed by atoms with Gasteiger partial charge in [0.05, 0.1) is 0 Å². The number of hydrogen-bond acceptors (Lipinski definition) is 6. The van der Waals surface area contributed by atoms with Crippen molar-refractivity contribution < 1.29 is 28.6 Å². The molecular formula is C47H88O6. The molecule has 0 rings (SSSR count). The van der Waals surface area contributed by atoms with E-state index in [1.54, 1.807) is 0 Å². The predicted octanol–water partition coefficient (Wildman–Crippen LogP) is 14.6. The van der Waals surface area contributed by atoms with Gasteiger partial charge in [-0.15, -0.1) is 0 Å². The van der Waals surface area contributed by atoms with Crippen LogP contribution < -0.4 is 0 Å². The normalized spacial score (nSPS) is 12.0. The molecule has 0 spiro atoms. The highest BCUT2D eigenvalue weighted by atomic mass is 16.6. The van der Waals surface area contributed by atoms with Crippen LogP contribution >= 0.6 is 0 Å². The smallest absolute Gasteiger partial charge is 0.306 e. The first-order valence-electron chi connectivity index (χ1n) is 23.2. The molecule has 1 unspecified atom stereocenters. The van der Waals surface area contributed by atoms with Gasteiger partial charge in [-0.3, -0.25) is 14.4 Å². The van der Waals surface area contributed by atoms with Crippen LogP contribution in [0.15, 0.2) is 12.2 Å². The van der Waals surface area contributed by atoms with Crippen molar-refractivity contribution in [3.05, 3.63) is 12.2 Å². The van der Waals surface area contributed by atoms with Crippen LogP contribution in [-0.4, -0.2) is 37.2 Å². The molecule has 0 bridgehead atoms. The molecule has 0 aromatic heterocycles. The second-order valence-corrected chi connectivity index (χ2v) is 15.7. The monoisotopic (exact) mass is 749 g/mol. The van der Waals surface area contributed by atoms with E-state index in [0.29, 0.717) is 19.3 Å². The van der Waals surface area contributed by atoms with Crippen LogP contribution in [0, 0.1) is 0 Å².